The number of ether oxygens (including phenoxy) is 1. The SMILES string of the molecule is NCc1cccc(-c2ccc(CN3CCOCC3)cc2)c1. The van der Waals surface area contributed by atoms with Crippen molar-refractivity contribution in [3.8, 4) is 11.1 Å². The van der Waals surface area contributed by atoms with Crippen molar-refractivity contribution in [2.24, 2.45) is 5.73 Å². The molecule has 0 aliphatic carbocycles. The van der Waals surface area contributed by atoms with Crippen LogP contribution in [0.1, 0.15) is 11.1 Å². The summed E-state index contributed by atoms with van der Waals surface area (Å²) >= 11 is 0. The zero-order valence-electron chi connectivity index (χ0n) is 12.3. The van der Waals surface area contributed by atoms with E-state index in [1.54, 1.807) is 0 Å². The molecule has 0 spiro atoms. The first-order valence-corrected chi connectivity index (χ1v) is 7.53. The second-order valence-electron chi connectivity index (χ2n) is 5.49. The average Bonchev–Trinajstić information content (AvgIpc) is 2.56. The molecule has 3 heteroatoms. The minimum absolute atomic E-state index is 0.586. The number of morpholine rings is 1. The van der Waals surface area contributed by atoms with Gasteiger partial charge in [0.1, 0.15) is 0 Å². The Bertz CT molecular complexity index is 574. The number of nitrogens with zero attached hydrogens (tertiary/aromatic N) is 1. The van der Waals surface area contributed by atoms with Gasteiger partial charge in [0.05, 0.1) is 13.2 Å². The predicted molar refractivity (Wildman–Crippen MR) is 85.9 cm³/mol. The molecule has 1 heterocycles. The summed E-state index contributed by atoms with van der Waals surface area (Å²) in [6.45, 7) is 5.35. The fraction of sp³-hybridized carbons (Fsp3) is 0.333. The first-order valence-electron chi connectivity index (χ1n) is 7.53. The first-order chi connectivity index (χ1) is 10.3. The molecule has 2 N–H and O–H groups in total. The third-order valence-electron chi connectivity index (χ3n) is 3.96. The van der Waals surface area contributed by atoms with Crippen LogP contribution in [-0.2, 0) is 17.8 Å². The molecule has 0 aromatic heterocycles. The molecule has 0 amide bonds. The maximum absolute atomic E-state index is 5.71. The van der Waals surface area contributed by atoms with Crippen LogP contribution in [0.2, 0.25) is 0 Å². The first kappa shape index (κ1) is 14.3. The number of hydrogen-bond donors (Lipinski definition) is 1. The van der Waals surface area contributed by atoms with E-state index in [9.17, 15) is 0 Å². The molecule has 3 nitrogen and oxygen atoms in total. The van der Waals surface area contributed by atoms with Crippen molar-refractivity contribution in [2.45, 2.75) is 13.1 Å². The molecule has 1 aliphatic heterocycles. The van der Waals surface area contributed by atoms with Crippen LogP contribution in [0.5, 0.6) is 0 Å². The van der Waals surface area contributed by atoms with Gasteiger partial charge in [0.25, 0.3) is 0 Å². The standard InChI is InChI=1S/C18H22N2O/c19-13-16-2-1-3-18(12-16)17-6-4-15(5-7-17)14-20-8-10-21-11-9-20/h1-7,12H,8-11,13-14,19H2. The van der Waals surface area contributed by atoms with Gasteiger partial charge in [-0.2, -0.15) is 0 Å². The van der Waals surface area contributed by atoms with Crippen LogP contribution in [0.25, 0.3) is 11.1 Å². The summed E-state index contributed by atoms with van der Waals surface area (Å²) in [5.41, 5.74) is 10.7. The highest BCUT2D eigenvalue weighted by Gasteiger charge is 2.10. The monoisotopic (exact) mass is 282 g/mol. The van der Waals surface area contributed by atoms with E-state index in [2.05, 4.69) is 53.4 Å². The maximum Gasteiger partial charge on any atom is 0.0594 e. The molecule has 0 radical (unpaired) electrons. The highest BCUT2D eigenvalue weighted by atomic mass is 16.5. The molecule has 1 saturated heterocycles. The number of hydrogen-bond acceptors (Lipinski definition) is 3. The van der Waals surface area contributed by atoms with E-state index in [0.717, 1.165) is 32.8 Å². The van der Waals surface area contributed by atoms with Gasteiger partial charge in [-0.1, -0.05) is 42.5 Å². The molecule has 0 unspecified atom stereocenters. The van der Waals surface area contributed by atoms with Crippen molar-refractivity contribution < 1.29 is 4.74 Å². The smallest absolute Gasteiger partial charge is 0.0594 e. The molecular formula is C18H22N2O. The minimum Gasteiger partial charge on any atom is -0.379 e. The lowest BCUT2D eigenvalue weighted by molar-refractivity contribution is 0.0342. The van der Waals surface area contributed by atoms with Crippen LogP contribution >= 0.6 is 0 Å². The largest absolute Gasteiger partial charge is 0.379 e. The summed E-state index contributed by atoms with van der Waals surface area (Å²) in [6.07, 6.45) is 0. The van der Waals surface area contributed by atoms with Gasteiger partial charge >= 0.3 is 0 Å². The van der Waals surface area contributed by atoms with Crippen molar-refractivity contribution >= 4 is 0 Å². The summed E-state index contributed by atoms with van der Waals surface area (Å²) < 4.78 is 5.38. The fourth-order valence-electron chi connectivity index (χ4n) is 2.70. The van der Waals surface area contributed by atoms with Crippen molar-refractivity contribution in [1.29, 1.82) is 0 Å². The minimum atomic E-state index is 0.586. The fourth-order valence-corrected chi connectivity index (χ4v) is 2.70. The number of rotatable bonds is 4. The van der Waals surface area contributed by atoms with Crippen molar-refractivity contribution in [2.75, 3.05) is 26.3 Å². The van der Waals surface area contributed by atoms with Crippen LogP contribution < -0.4 is 5.73 Å². The van der Waals surface area contributed by atoms with E-state index in [0.29, 0.717) is 6.54 Å². The Hall–Kier alpha value is -1.68. The van der Waals surface area contributed by atoms with Crippen molar-refractivity contribution in [1.82, 2.24) is 4.90 Å². The highest BCUT2D eigenvalue weighted by molar-refractivity contribution is 5.64. The lowest BCUT2D eigenvalue weighted by atomic mass is 10.0. The molecule has 2 aromatic carbocycles. The van der Waals surface area contributed by atoms with Gasteiger partial charge in [0.2, 0.25) is 0 Å². The molecular weight excluding hydrogens is 260 g/mol. The van der Waals surface area contributed by atoms with E-state index in [-0.39, 0.29) is 0 Å². The quantitative estimate of drug-likeness (QED) is 0.937. The molecule has 2 aromatic rings. The Morgan fingerprint density at radius 3 is 2.38 bits per heavy atom. The molecule has 0 bridgehead atoms. The Morgan fingerprint density at radius 1 is 0.905 bits per heavy atom. The lowest BCUT2D eigenvalue weighted by Crippen LogP contribution is -2.35. The van der Waals surface area contributed by atoms with Gasteiger partial charge < -0.3 is 10.5 Å². The second-order valence-corrected chi connectivity index (χ2v) is 5.49. The molecule has 3 rings (SSSR count). The van der Waals surface area contributed by atoms with Gasteiger partial charge in [0, 0.05) is 26.2 Å². The predicted octanol–water partition coefficient (Wildman–Crippen LogP) is 2.64. The van der Waals surface area contributed by atoms with Crippen LogP contribution in [0.15, 0.2) is 48.5 Å². The zero-order valence-corrected chi connectivity index (χ0v) is 12.3. The van der Waals surface area contributed by atoms with Crippen molar-refractivity contribution in [3.63, 3.8) is 0 Å². The molecule has 110 valence electrons. The van der Waals surface area contributed by atoms with Crippen molar-refractivity contribution in [3.05, 3.63) is 59.7 Å². The highest BCUT2D eigenvalue weighted by Crippen LogP contribution is 2.21. The lowest BCUT2D eigenvalue weighted by Gasteiger charge is -2.26. The molecule has 0 saturated carbocycles. The second kappa shape index (κ2) is 6.85. The number of benzene rings is 2. The average molecular weight is 282 g/mol. The van der Waals surface area contributed by atoms with E-state index >= 15 is 0 Å². The Morgan fingerprint density at radius 2 is 1.67 bits per heavy atom. The van der Waals surface area contributed by atoms with E-state index in [1.165, 1.54) is 22.3 Å². The van der Waals surface area contributed by atoms with Crippen LogP contribution in [0.4, 0.5) is 0 Å². The van der Waals surface area contributed by atoms with Gasteiger partial charge in [0.15, 0.2) is 0 Å². The van der Waals surface area contributed by atoms with E-state index in [4.69, 9.17) is 10.5 Å². The summed E-state index contributed by atoms with van der Waals surface area (Å²) in [4.78, 5) is 2.44. The van der Waals surface area contributed by atoms with Crippen LogP contribution in [0, 0.1) is 0 Å². The van der Waals surface area contributed by atoms with Crippen LogP contribution in [-0.4, -0.2) is 31.2 Å². The van der Waals surface area contributed by atoms with E-state index < -0.39 is 0 Å². The summed E-state index contributed by atoms with van der Waals surface area (Å²) in [5, 5.41) is 0. The summed E-state index contributed by atoms with van der Waals surface area (Å²) in [6, 6.07) is 17.3. The van der Waals surface area contributed by atoms with Gasteiger partial charge in [-0.3, -0.25) is 4.90 Å². The number of nitrogens with two attached hydrogens (primary N) is 1. The third-order valence-corrected chi connectivity index (χ3v) is 3.96. The zero-order chi connectivity index (χ0) is 14.5. The topological polar surface area (TPSA) is 38.5 Å². The molecule has 0 atom stereocenters. The van der Waals surface area contributed by atoms with E-state index in [1.807, 2.05) is 0 Å². The van der Waals surface area contributed by atoms with Gasteiger partial charge in [-0.15, -0.1) is 0 Å². The van der Waals surface area contributed by atoms with Gasteiger partial charge in [-0.05, 0) is 28.3 Å². The van der Waals surface area contributed by atoms with Crippen LogP contribution in [0.3, 0.4) is 0 Å². The Labute approximate surface area is 126 Å². The normalized spacial score (nSPS) is 16.0. The summed E-state index contributed by atoms with van der Waals surface area (Å²) in [5.74, 6) is 0. The summed E-state index contributed by atoms with van der Waals surface area (Å²) in [7, 11) is 0. The maximum atomic E-state index is 5.71. The van der Waals surface area contributed by atoms with Gasteiger partial charge in [-0.25, -0.2) is 0 Å². The molecule has 21 heavy (non-hydrogen) atoms. The Kier molecular flexibility index (Phi) is 4.65. The molecule has 1 fully saturated rings. The Balaban J connectivity index is 1.70. The molecule has 1 aliphatic rings. The third kappa shape index (κ3) is 3.70.